The topological polar surface area (TPSA) is 120 Å². The van der Waals surface area contributed by atoms with Gasteiger partial charge in [0.05, 0.1) is 17.4 Å². The van der Waals surface area contributed by atoms with Gasteiger partial charge in [0, 0.05) is 35.1 Å². The molecule has 144 valence electrons. The molecule has 3 N–H and O–H groups in total. The van der Waals surface area contributed by atoms with Gasteiger partial charge in [0.2, 0.25) is 0 Å². The molecule has 9 heteroatoms. The van der Waals surface area contributed by atoms with Crippen molar-refractivity contribution in [1.29, 1.82) is 0 Å². The number of pyridine rings is 3. The van der Waals surface area contributed by atoms with Crippen molar-refractivity contribution >= 4 is 27.8 Å². The number of H-pyrrole nitrogens is 1. The van der Waals surface area contributed by atoms with Crippen LogP contribution in [-0.2, 0) is 0 Å². The average molecular weight is 386 g/mol. The van der Waals surface area contributed by atoms with Crippen LogP contribution < -0.4 is 10.5 Å². The van der Waals surface area contributed by atoms with E-state index in [-0.39, 0.29) is 0 Å². The van der Waals surface area contributed by atoms with Crippen LogP contribution in [0.2, 0.25) is 0 Å². The predicted molar refractivity (Wildman–Crippen MR) is 109 cm³/mol. The van der Waals surface area contributed by atoms with Gasteiger partial charge in [-0.25, -0.2) is 14.6 Å². The standard InChI is InChI=1S/C20H18N8O/c1-11-6-15-13(9-22-11)8-17(19(21)25-15)29-12(2)18-16(28-5-3-4-24-28)7-14-10-23-27-20(14)26-18/h3-10,12H,1-2H3,(H2,21,25)(H,23,26,27). The molecule has 0 aliphatic heterocycles. The molecular weight excluding hydrogens is 368 g/mol. The lowest BCUT2D eigenvalue weighted by atomic mass is 10.1. The van der Waals surface area contributed by atoms with Gasteiger partial charge < -0.3 is 10.5 Å². The number of aromatic amines is 1. The van der Waals surface area contributed by atoms with E-state index in [0.717, 1.165) is 27.7 Å². The summed E-state index contributed by atoms with van der Waals surface area (Å²) < 4.78 is 7.93. The highest BCUT2D eigenvalue weighted by atomic mass is 16.5. The molecule has 1 unspecified atom stereocenters. The van der Waals surface area contributed by atoms with Gasteiger partial charge in [0.1, 0.15) is 11.8 Å². The second-order valence-electron chi connectivity index (χ2n) is 6.80. The fourth-order valence-electron chi connectivity index (χ4n) is 3.28. The van der Waals surface area contributed by atoms with Crippen LogP contribution in [0.15, 0.2) is 49.1 Å². The third-order valence-electron chi connectivity index (χ3n) is 4.70. The van der Waals surface area contributed by atoms with Gasteiger partial charge >= 0.3 is 0 Å². The second-order valence-corrected chi connectivity index (χ2v) is 6.80. The van der Waals surface area contributed by atoms with E-state index in [1.807, 2.05) is 44.3 Å². The number of rotatable bonds is 4. The highest BCUT2D eigenvalue weighted by molar-refractivity contribution is 5.82. The van der Waals surface area contributed by atoms with Crippen molar-refractivity contribution in [2.24, 2.45) is 0 Å². The Labute approximate surface area is 165 Å². The van der Waals surface area contributed by atoms with Gasteiger partial charge in [0.15, 0.2) is 17.2 Å². The number of nitrogens with one attached hydrogen (secondary N) is 1. The predicted octanol–water partition coefficient (Wildman–Crippen LogP) is 3.12. The number of nitrogen functional groups attached to an aromatic ring is 1. The van der Waals surface area contributed by atoms with Gasteiger partial charge in [-0.2, -0.15) is 10.2 Å². The van der Waals surface area contributed by atoms with Crippen LogP contribution in [0, 0.1) is 6.92 Å². The van der Waals surface area contributed by atoms with Crippen molar-refractivity contribution in [2.75, 3.05) is 5.73 Å². The maximum absolute atomic E-state index is 6.18. The van der Waals surface area contributed by atoms with Crippen molar-refractivity contribution in [3.05, 3.63) is 60.4 Å². The molecule has 5 rings (SSSR count). The molecule has 5 aromatic heterocycles. The number of aromatic nitrogens is 7. The quantitative estimate of drug-likeness (QED) is 0.487. The molecule has 5 heterocycles. The molecule has 0 spiro atoms. The molecule has 0 radical (unpaired) electrons. The molecule has 0 saturated heterocycles. The number of hydrogen-bond donors (Lipinski definition) is 2. The highest BCUT2D eigenvalue weighted by Gasteiger charge is 2.19. The molecule has 0 aliphatic rings. The van der Waals surface area contributed by atoms with E-state index in [1.54, 1.807) is 23.3 Å². The Morgan fingerprint density at radius 1 is 1.14 bits per heavy atom. The first-order valence-electron chi connectivity index (χ1n) is 9.12. The molecule has 0 bridgehead atoms. The van der Waals surface area contributed by atoms with Gasteiger partial charge in [-0.05, 0) is 38.1 Å². The lowest BCUT2D eigenvalue weighted by Crippen LogP contribution is -2.12. The number of aryl methyl sites for hydroxylation is 1. The van der Waals surface area contributed by atoms with Crippen LogP contribution in [-0.4, -0.2) is 34.9 Å². The number of fused-ring (bicyclic) bond motifs is 2. The lowest BCUT2D eigenvalue weighted by molar-refractivity contribution is 0.223. The fourth-order valence-corrected chi connectivity index (χ4v) is 3.28. The first-order chi connectivity index (χ1) is 14.1. The summed E-state index contributed by atoms with van der Waals surface area (Å²) in [6, 6.07) is 7.57. The van der Waals surface area contributed by atoms with E-state index < -0.39 is 6.10 Å². The molecule has 0 saturated carbocycles. The van der Waals surface area contributed by atoms with Gasteiger partial charge in [-0.1, -0.05) is 0 Å². The number of ether oxygens (including phenoxy) is 1. The molecular formula is C20H18N8O. The zero-order valence-corrected chi connectivity index (χ0v) is 15.9. The summed E-state index contributed by atoms with van der Waals surface area (Å²) in [5.41, 5.74) is 10.0. The Morgan fingerprint density at radius 3 is 2.86 bits per heavy atom. The summed E-state index contributed by atoms with van der Waals surface area (Å²) in [7, 11) is 0. The van der Waals surface area contributed by atoms with E-state index in [9.17, 15) is 0 Å². The van der Waals surface area contributed by atoms with E-state index in [0.29, 0.717) is 22.9 Å². The minimum absolute atomic E-state index is 0.318. The number of anilines is 1. The molecule has 0 amide bonds. The van der Waals surface area contributed by atoms with Crippen LogP contribution >= 0.6 is 0 Å². The van der Waals surface area contributed by atoms with Gasteiger partial charge in [-0.15, -0.1) is 0 Å². The van der Waals surface area contributed by atoms with Gasteiger partial charge in [-0.3, -0.25) is 10.1 Å². The van der Waals surface area contributed by atoms with Crippen LogP contribution in [0.4, 0.5) is 5.82 Å². The van der Waals surface area contributed by atoms with Crippen LogP contribution in [0.25, 0.3) is 27.6 Å². The van der Waals surface area contributed by atoms with Crippen LogP contribution in [0.1, 0.15) is 24.4 Å². The van der Waals surface area contributed by atoms with Crippen molar-refractivity contribution in [2.45, 2.75) is 20.0 Å². The molecule has 0 aromatic carbocycles. The second kappa shape index (κ2) is 6.55. The summed E-state index contributed by atoms with van der Waals surface area (Å²) >= 11 is 0. The number of nitrogens with two attached hydrogens (primary N) is 1. The Balaban J connectivity index is 1.57. The molecule has 0 aliphatic carbocycles. The van der Waals surface area contributed by atoms with E-state index in [4.69, 9.17) is 15.5 Å². The Morgan fingerprint density at radius 2 is 2.03 bits per heavy atom. The van der Waals surface area contributed by atoms with Crippen molar-refractivity contribution in [1.82, 2.24) is 34.9 Å². The summed E-state index contributed by atoms with van der Waals surface area (Å²) in [5, 5.41) is 13.1. The largest absolute Gasteiger partial charge is 0.480 e. The number of hydrogen-bond acceptors (Lipinski definition) is 7. The van der Waals surface area contributed by atoms with E-state index in [2.05, 4.69) is 25.3 Å². The van der Waals surface area contributed by atoms with E-state index >= 15 is 0 Å². The summed E-state index contributed by atoms with van der Waals surface area (Å²) in [6.45, 7) is 3.83. The molecule has 5 aromatic rings. The van der Waals surface area contributed by atoms with Crippen LogP contribution in [0.3, 0.4) is 0 Å². The minimum Gasteiger partial charge on any atom is -0.480 e. The normalized spacial score (nSPS) is 12.5. The maximum Gasteiger partial charge on any atom is 0.166 e. The minimum atomic E-state index is -0.415. The molecule has 9 nitrogen and oxygen atoms in total. The van der Waals surface area contributed by atoms with Crippen molar-refractivity contribution in [3.8, 4) is 11.4 Å². The molecule has 29 heavy (non-hydrogen) atoms. The Hall–Kier alpha value is -4.01. The lowest BCUT2D eigenvalue weighted by Gasteiger charge is -2.18. The van der Waals surface area contributed by atoms with E-state index in [1.165, 1.54) is 0 Å². The Kier molecular flexibility index (Phi) is 3.87. The first kappa shape index (κ1) is 17.1. The summed E-state index contributed by atoms with van der Waals surface area (Å²) in [5.74, 6) is 0.798. The fraction of sp³-hybridized carbons (Fsp3) is 0.150. The van der Waals surface area contributed by atoms with Crippen LogP contribution in [0.5, 0.6) is 5.75 Å². The van der Waals surface area contributed by atoms with Gasteiger partial charge in [0.25, 0.3) is 0 Å². The average Bonchev–Trinajstić information content (AvgIpc) is 3.39. The zero-order chi connectivity index (χ0) is 20.0. The SMILES string of the molecule is Cc1cc2nc(N)c(OC(C)c3nc4[nH]ncc4cc3-n3cccn3)cc2cn1. The van der Waals surface area contributed by atoms with Crippen molar-refractivity contribution in [3.63, 3.8) is 0 Å². The summed E-state index contributed by atoms with van der Waals surface area (Å²) in [4.78, 5) is 13.5. The highest BCUT2D eigenvalue weighted by Crippen LogP contribution is 2.31. The smallest absolute Gasteiger partial charge is 0.166 e. The first-order valence-corrected chi connectivity index (χ1v) is 9.12. The number of nitrogens with zero attached hydrogens (tertiary/aromatic N) is 6. The third-order valence-corrected chi connectivity index (χ3v) is 4.70. The molecule has 1 atom stereocenters. The molecule has 0 fully saturated rings. The monoisotopic (exact) mass is 386 g/mol. The third kappa shape index (κ3) is 3.02. The summed E-state index contributed by atoms with van der Waals surface area (Å²) in [6.07, 6.45) is 6.65. The zero-order valence-electron chi connectivity index (χ0n) is 15.9. The Bertz CT molecular complexity index is 1330. The maximum atomic E-state index is 6.18. The van der Waals surface area contributed by atoms with Crippen molar-refractivity contribution < 1.29 is 4.74 Å².